The standard InChI is InChI=1S/C26H39F3N6O3/c1-4-33-9-11-34(12-10-33)17-5-7-18(8-6-17)35(24(31)25(38)32-15-26(27,28)29)23(30)20-13-19(16(2)3)21(36)14-22(20)37/h13-14,16-18,30-31,36-37H,4-12,15H2,1-3H3,(H,32,38). The number of phenolic OH excluding ortho intramolecular Hbond substituents is 2. The first-order chi connectivity index (χ1) is 17.8. The van der Waals surface area contributed by atoms with Crippen molar-refractivity contribution in [2.75, 3.05) is 39.3 Å². The van der Waals surface area contributed by atoms with E-state index >= 15 is 0 Å². The third kappa shape index (κ3) is 7.16. The van der Waals surface area contributed by atoms with Crippen molar-refractivity contribution in [2.24, 2.45) is 0 Å². The van der Waals surface area contributed by atoms with E-state index in [1.165, 1.54) is 6.07 Å². The van der Waals surface area contributed by atoms with Crippen LogP contribution in [0.1, 0.15) is 63.5 Å². The van der Waals surface area contributed by atoms with Crippen LogP contribution >= 0.6 is 0 Å². The molecule has 1 aromatic carbocycles. The molecule has 1 saturated heterocycles. The van der Waals surface area contributed by atoms with Crippen LogP contribution in [-0.2, 0) is 4.79 Å². The van der Waals surface area contributed by atoms with Crippen molar-refractivity contribution in [1.82, 2.24) is 20.0 Å². The molecule has 0 bridgehead atoms. The van der Waals surface area contributed by atoms with Gasteiger partial charge in [-0.1, -0.05) is 20.8 Å². The molecule has 1 aromatic rings. The lowest BCUT2D eigenvalue weighted by atomic mass is 9.88. The predicted octanol–water partition coefficient (Wildman–Crippen LogP) is 3.45. The van der Waals surface area contributed by atoms with Crippen molar-refractivity contribution < 1.29 is 28.2 Å². The summed E-state index contributed by atoms with van der Waals surface area (Å²) in [6.45, 7) is 9.12. The highest BCUT2D eigenvalue weighted by atomic mass is 19.4. The number of rotatable bonds is 6. The summed E-state index contributed by atoms with van der Waals surface area (Å²) in [6.07, 6.45) is -2.05. The van der Waals surface area contributed by atoms with E-state index in [1.807, 2.05) is 13.8 Å². The summed E-state index contributed by atoms with van der Waals surface area (Å²) < 4.78 is 38.2. The third-order valence-electron chi connectivity index (χ3n) is 7.57. The molecule has 1 aliphatic heterocycles. The Kier molecular flexibility index (Phi) is 9.64. The van der Waals surface area contributed by atoms with Gasteiger partial charge < -0.3 is 25.3 Å². The molecule has 1 aliphatic carbocycles. The van der Waals surface area contributed by atoms with E-state index in [1.54, 1.807) is 5.32 Å². The number of alkyl halides is 3. The molecule has 3 rings (SSSR count). The van der Waals surface area contributed by atoms with Crippen LogP contribution in [0.4, 0.5) is 13.2 Å². The molecule has 0 unspecified atom stereocenters. The molecule has 12 heteroatoms. The molecule has 5 N–H and O–H groups in total. The summed E-state index contributed by atoms with van der Waals surface area (Å²) in [5.74, 6) is -3.09. The van der Waals surface area contributed by atoms with E-state index < -0.39 is 36.3 Å². The molecule has 1 amide bonds. The quantitative estimate of drug-likeness (QED) is 0.278. The zero-order valence-corrected chi connectivity index (χ0v) is 22.2. The largest absolute Gasteiger partial charge is 0.508 e. The maximum atomic E-state index is 12.7. The number of benzene rings is 1. The average molecular weight is 541 g/mol. The van der Waals surface area contributed by atoms with Gasteiger partial charge in [0, 0.05) is 44.3 Å². The Labute approximate surface area is 221 Å². The molecule has 2 fully saturated rings. The molecule has 1 heterocycles. The number of amides is 1. The van der Waals surface area contributed by atoms with Crippen LogP contribution in [0.15, 0.2) is 12.1 Å². The predicted molar refractivity (Wildman–Crippen MR) is 139 cm³/mol. The Balaban J connectivity index is 1.83. The Hall–Kier alpha value is -2.86. The van der Waals surface area contributed by atoms with Gasteiger partial charge in [-0.3, -0.25) is 20.5 Å². The molecule has 2 aliphatic rings. The van der Waals surface area contributed by atoms with Gasteiger partial charge in [0.15, 0.2) is 5.84 Å². The van der Waals surface area contributed by atoms with Crippen LogP contribution in [0, 0.1) is 10.8 Å². The number of amidine groups is 2. The fourth-order valence-corrected chi connectivity index (χ4v) is 5.35. The lowest BCUT2D eigenvalue weighted by Gasteiger charge is -2.44. The molecule has 1 saturated carbocycles. The molecule has 0 aromatic heterocycles. The zero-order valence-electron chi connectivity index (χ0n) is 22.2. The van der Waals surface area contributed by atoms with Crippen molar-refractivity contribution in [3.63, 3.8) is 0 Å². The molecule has 9 nitrogen and oxygen atoms in total. The summed E-state index contributed by atoms with van der Waals surface area (Å²) in [7, 11) is 0. The topological polar surface area (TPSA) is 127 Å². The van der Waals surface area contributed by atoms with E-state index in [-0.39, 0.29) is 23.1 Å². The number of aromatic hydroxyl groups is 2. The van der Waals surface area contributed by atoms with Gasteiger partial charge in [-0.2, -0.15) is 13.2 Å². The van der Waals surface area contributed by atoms with Crippen LogP contribution in [0.2, 0.25) is 0 Å². The van der Waals surface area contributed by atoms with Crippen LogP contribution < -0.4 is 5.32 Å². The summed E-state index contributed by atoms with van der Waals surface area (Å²) in [4.78, 5) is 18.6. The number of carbonyl (C=O) groups is 1. The van der Waals surface area contributed by atoms with Gasteiger partial charge in [0.05, 0.1) is 5.56 Å². The van der Waals surface area contributed by atoms with Gasteiger partial charge in [0.1, 0.15) is 23.9 Å². The second-order valence-electron chi connectivity index (χ2n) is 10.4. The van der Waals surface area contributed by atoms with E-state index in [4.69, 9.17) is 10.8 Å². The molecular weight excluding hydrogens is 501 g/mol. The molecule has 0 atom stereocenters. The molecule has 0 radical (unpaired) electrons. The Bertz CT molecular complexity index is 1020. The van der Waals surface area contributed by atoms with Gasteiger partial charge in [-0.15, -0.1) is 0 Å². The molecule has 0 spiro atoms. The Morgan fingerprint density at radius 1 is 1.08 bits per heavy atom. The van der Waals surface area contributed by atoms with Crippen molar-refractivity contribution in [3.05, 3.63) is 23.3 Å². The Morgan fingerprint density at radius 3 is 2.21 bits per heavy atom. The number of halogens is 3. The number of hydrogen-bond donors (Lipinski definition) is 5. The highest BCUT2D eigenvalue weighted by Gasteiger charge is 2.37. The van der Waals surface area contributed by atoms with E-state index in [9.17, 15) is 28.2 Å². The maximum absolute atomic E-state index is 12.7. The summed E-state index contributed by atoms with van der Waals surface area (Å²) in [5, 5.41) is 39.8. The number of piperazine rings is 1. The second kappa shape index (κ2) is 12.3. The SMILES string of the molecule is CCN1CCN(C2CCC(N(C(=N)C(=O)NCC(F)(F)F)C(=N)c3cc(C(C)C)c(O)cc3O)CC2)CC1. The summed E-state index contributed by atoms with van der Waals surface area (Å²) in [6, 6.07) is 2.39. The van der Waals surface area contributed by atoms with Gasteiger partial charge in [0.2, 0.25) is 0 Å². The summed E-state index contributed by atoms with van der Waals surface area (Å²) in [5.41, 5.74) is 0.461. The highest BCUT2D eigenvalue weighted by Crippen LogP contribution is 2.35. The third-order valence-corrected chi connectivity index (χ3v) is 7.57. The molecule has 38 heavy (non-hydrogen) atoms. The van der Waals surface area contributed by atoms with Crippen LogP contribution in [0.25, 0.3) is 0 Å². The number of likely N-dealkylation sites (N-methyl/N-ethyl adjacent to an activating group) is 1. The first kappa shape index (κ1) is 29.7. The minimum absolute atomic E-state index is 0.00215. The van der Waals surface area contributed by atoms with E-state index in [0.29, 0.717) is 24.4 Å². The van der Waals surface area contributed by atoms with Gasteiger partial charge in [-0.25, -0.2) is 0 Å². The van der Waals surface area contributed by atoms with E-state index in [0.717, 1.165) is 56.5 Å². The van der Waals surface area contributed by atoms with Crippen LogP contribution in [0.3, 0.4) is 0 Å². The first-order valence-electron chi connectivity index (χ1n) is 13.2. The molecule has 212 valence electrons. The minimum Gasteiger partial charge on any atom is -0.508 e. The van der Waals surface area contributed by atoms with Crippen molar-refractivity contribution in [3.8, 4) is 11.5 Å². The smallest absolute Gasteiger partial charge is 0.405 e. The normalized spacial score (nSPS) is 21.3. The van der Waals surface area contributed by atoms with E-state index in [2.05, 4.69) is 16.7 Å². The number of phenols is 2. The second-order valence-corrected chi connectivity index (χ2v) is 10.4. The fourth-order valence-electron chi connectivity index (χ4n) is 5.35. The zero-order chi connectivity index (χ0) is 28.2. The number of carbonyl (C=O) groups excluding carboxylic acids is 1. The van der Waals surface area contributed by atoms with Crippen molar-refractivity contribution in [2.45, 2.75) is 70.6 Å². The minimum atomic E-state index is -4.64. The lowest BCUT2D eigenvalue weighted by molar-refractivity contribution is -0.135. The number of hydrogen-bond acceptors (Lipinski definition) is 7. The lowest BCUT2D eigenvalue weighted by Crippen LogP contribution is -2.55. The summed E-state index contributed by atoms with van der Waals surface area (Å²) >= 11 is 0. The highest BCUT2D eigenvalue weighted by molar-refractivity contribution is 6.40. The van der Waals surface area contributed by atoms with Gasteiger partial charge in [-0.05, 0) is 49.8 Å². The first-order valence-corrected chi connectivity index (χ1v) is 13.2. The van der Waals surface area contributed by atoms with Gasteiger partial charge >= 0.3 is 6.18 Å². The number of nitrogens with zero attached hydrogens (tertiary/aromatic N) is 3. The maximum Gasteiger partial charge on any atom is 0.405 e. The molecular formula is C26H39F3N6O3. The number of nitrogens with one attached hydrogen (secondary N) is 3. The van der Waals surface area contributed by atoms with Crippen molar-refractivity contribution >= 4 is 17.6 Å². The average Bonchev–Trinajstić information content (AvgIpc) is 2.87. The fraction of sp³-hybridized carbons (Fsp3) is 0.654. The van der Waals surface area contributed by atoms with Gasteiger partial charge in [0.25, 0.3) is 5.91 Å². The Morgan fingerprint density at radius 2 is 1.68 bits per heavy atom. The van der Waals surface area contributed by atoms with Crippen LogP contribution in [0.5, 0.6) is 11.5 Å². The van der Waals surface area contributed by atoms with Crippen LogP contribution in [-0.4, -0.2) is 100 Å². The monoisotopic (exact) mass is 540 g/mol. The van der Waals surface area contributed by atoms with Crippen molar-refractivity contribution in [1.29, 1.82) is 10.8 Å².